The molecule has 40 heavy (non-hydrogen) atoms. The number of ketones is 1. The van der Waals surface area contributed by atoms with Gasteiger partial charge < -0.3 is 20.9 Å². The molecule has 3 aromatic rings. The van der Waals surface area contributed by atoms with Crippen LogP contribution in [0.4, 0.5) is 14.6 Å². The number of nitrogens with two attached hydrogens (primary N) is 1. The zero-order valence-corrected chi connectivity index (χ0v) is 21.3. The number of ether oxygens (including phenoxy) is 1. The maximum atomic E-state index is 14.2. The van der Waals surface area contributed by atoms with Crippen LogP contribution in [0.5, 0.6) is 0 Å². The number of nitrogens with one attached hydrogen (secondary N) is 1. The minimum atomic E-state index is -1.03. The molecule has 0 amide bonds. The van der Waals surface area contributed by atoms with Crippen molar-refractivity contribution in [3.63, 3.8) is 0 Å². The Kier molecular flexibility index (Phi) is 9.03. The first-order valence-corrected chi connectivity index (χ1v) is 12.5. The maximum absolute atomic E-state index is 14.2. The van der Waals surface area contributed by atoms with Crippen LogP contribution in [0.1, 0.15) is 40.4 Å². The highest BCUT2D eigenvalue weighted by Gasteiger charge is 2.21. The number of aromatic nitrogens is 1. The number of carbonyl (C=O) groups excluding carboxylic acids is 1. The second kappa shape index (κ2) is 12.8. The normalized spacial score (nSPS) is 13.7. The van der Waals surface area contributed by atoms with Crippen LogP contribution in [0.25, 0.3) is 5.70 Å². The smallest absolute Gasteiger partial charge is 0.325 e. The van der Waals surface area contributed by atoms with Gasteiger partial charge in [-0.1, -0.05) is 36.4 Å². The van der Waals surface area contributed by atoms with Crippen molar-refractivity contribution in [3.8, 4) is 0 Å². The van der Waals surface area contributed by atoms with Crippen molar-refractivity contribution in [3.05, 3.63) is 129 Å². The number of benzene rings is 2. The number of nitrogen functional groups attached to an aromatic ring is 1. The molecule has 206 valence electrons. The van der Waals surface area contributed by atoms with Crippen molar-refractivity contribution in [2.24, 2.45) is 0 Å². The third kappa shape index (κ3) is 6.59. The van der Waals surface area contributed by atoms with Gasteiger partial charge in [0.15, 0.2) is 5.78 Å². The van der Waals surface area contributed by atoms with Crippen molar-refractivity contribution >= 4 is 23.3 Å². The van der Waals surface area contributed by atoms with Crippen LogP contribution in [-0.4, -0.2) is 34.6 Å². The SMILES string of the molecule is Nc1c(C(=O)c2ccc(F)cc2F)ccc(=O)n1C1=CC=C(OCCCN[C@H](C(=O)O)c2ccccc2)CC=C1. The predicted molar refractivity (Wildman–Crippen MR) is 146 cm³/mol. The number of carbonyl (C=O) groups is 2. The lowest BCUT2D eigenvalue weighted by Gasteiger charge is -2.15. The Hall–Kier alpha value is -4.83. The van der Waals surface area contributed by atoms with Gasteiger partial charge in [0.25, 0.3) is 5.56 Å². The number of nitrogens with zero attached hydrogens (tertiary/aromatic N) is 1. The standard InChI is InChI=1S/C30H27F2N3O5/c31-20-10-13-23(25(32)18-20)28(37)24-14-15-26(36)35(29(24)33)21-8-4-9-22(12-11-21)40-17-5-16-34-27(30(38)39)19-6-2-1-3-7-19/h1-4,6-8,10-15,18,27,34H,5,9,16-17,33H2,(H,38,39)/t27-/m0/s1. The molecule has 1 aliphatic carbocycles. The molecule has 1 atom stereocenters. The van der Waals surface area contributed by atoms with Gasteiger partial charge in [-0.2, -0.15) is 0 Å². The van der Waals surface area contributed by atoms with E-state index in [-0.39, 0.29) is 16.9 Å². The van der Waals surface area contributed by atoms with Crippen LogP contribution in [0.3, 0.4) is 0 Å². The number of hydrogen-bond donors (Lipinski definition) is 3. The largest absolute Gasteiger partial charge is 0.498 e. The zero-order chi connectivity index (χ0) is 28.6. The van der Waals surface area contributed by atoms with E-state index in [1.165, 1.54) is 6.07 Å². The molecule has 0 spiro atoms. The van der Waals surface area contributed by atoms with E-state index in [0.29, 0.717) is 49.1 Å². The first kappa shape index (κ1) is 28.2. The quantitative estimate of drug-likeness (QED) is 0.239. The van der Waals surface area contributed by atoms with Crippen molar-refractivity contribution < 1.29 is 28.2 Å². The van der Waals surface area contributed by atoms with Gasteiger partial charge in [0.05, 0.1) is 29.2 Å². The summed E-state index contributed by atoms with van der Waals surface area (Å²) in [6.45, 7) is 0.740. The Morgan fingerprint density at radius 1 is 1.05 bits per heavy atom. The van der Waals surface area contributed by atoms with Crippen LogP contribution >= 0.6 is 0 Å². The van der Waals surface area contributed by atoms with E-state index in [4.69, 9.17) is 10.5 Å². The second-order valence-electron chi connectivity index (χ2n) is 8.93. The Morgan fingerprint density at radius 2 is 1.80 bits per heavy atom. The van der Waals surface area contributed by atoms with Crippen molar-refractivity contribution in [1.82, 2.24) is 9.88 Å². The summed E-state index contributed by atoms with van der Waals surface area (Å²) >= 11 is 0. The first-order chi connectivity index (χ1) is 19.3. The lowest BCUT2D eigenvalue weighted by Crippen LogP contribution is -2.29. The molecule has 0 saturated heterocycles. The van der Waals surface area contributed by atoms with Crippen molar-refractivity contribution in [1.29, 1.82) is 0 Å². The molecule has 0 unspecified atom stereocenters. The third-order valence-corrected chi connectivity index (χ3v) is 6.19. The summed E-state index contributed by atoms with van der Waals surface area (Å²) in [5, 5.41) is 12.5. The van der Waals surface area contributed by atoms with E-state index in [1.54, 1.807) is 48.6 Å². The fourth-order valence-corrected chi connectivity index (χ4v) is 4.20. The number of hydrogen-bond acceptors (Lipinski definition) is 6. The number of halogens is 2. The van der Waals surface area contributed by atoms with Crippen molar-refractivity contribution in [2.75, 3.05) is 18.9 Å². The molecule has 0 bridgehead atoms. The molecule has 0 saturated carbocycles. The summed E-state index contributed by atoms with van der Waals surface area (Å²) in [6, 6.07) is 13.0. The third-order valence-electron chi connectivity index (χ3n) is 6.19. The van der Waals surface area contributed by atoms with Crippen LogP contribution in [0.15, 0.2) is 95.5 Å². The molecular formula is C30H27F2N3O5. The summed E-state index contributed by atoms with van der Waals surface area (Å²) in [4.78, 5) is 37.2. The summed E-state index contributed by atoms with van der Waals surface area (Å²) in [5.74, 6) is -3.19. The highest BCUT2D eigenvalue weighted by Crippen LogP contribution is 2.23. The fraction of sp³-hybridized carbons (Fsp3) is 0.167. The van der Waals surface area contributed by atoms with E-state index in [0.717, 1.165) is 22.8 Å². The summed E-state index contributed by atoms with van der Waals surface area (Å²) in [7, 11) is 0. The molecule has 8 nitrogen and oxygen atoms in total. The summed E-state index contributed by atoms with van der Waals surface area (Å²) < 4.78 is 34.5. The maximum Gasteiger partial charge on any atom is 0.325 e. The summed E-state index contributed by atoms with van der Waals surface area (Å²) in [6.07, 6.45) is 7.66. The van der Waals surface area contributed by atoms with Gasteiger partial charge in [-0.3, -0.25) is 19.0 Å². The van der Waals surface area contributed by atoms with Crippen LogP contribution in [0, 0.1) is 11.6 Å². The average Bonchev–Trinajstić information content (AvgIpc) is 3.16. The predicted octanol–water partition coefficient (Wildman–Crippen LogP) is 4.45. The molecule has 0 fully saturated rings. The van der Waals surface area contributed by atoms with Crippen LogP contribution in [-0.2, 0) is 9.53 Å². The number of aliphatic carboxylic acids is 1. The second-order valence-corrected chi connectivity index (χ2v) is 8.93. The van der Waals surface area contributed by atoms with E-state index in [9.17, 15) is 28.3 Å². The molecule has 4 N–H and O–H groups in total. The van der Waals surface area contributed by atoms with E-state index in [2.05, 4.69) is 5.32 Å². The molecule has 10 heteroatoms. The Bertz CT molecular complexity index is 1560. The molecule has 1 heterocycles. The zero-order valence-electron chi connectivity index (χ0n) is 21.3. The fourth-order valence-electron chi connectivity index (χ4n) is 4.20. The number of pyridine rings is 1. The molecule has 0 aliphatic heterocycles. The molecule has 1 aliphatic rings. The Morgan fingerprint density at radius 3 is 2.52 bits per heavy atom. The van der Waals surface area contributed by atoms with Gasteiger partial charge in [-0.15, -0.1) is 0 Å². The minimum absolute atomic E-state index is 0.105. The van der Waals surface area contributed by atoms with Gasteiger partial charge >= 0.3 is 5.97 Å². The van der Waals surface area contributed by atoms with Crippen molar-refractivity contribution in [2.45, 2.75) is 18.9 Å². The van der Waals surface area contributed by atoms with Gasteiger partial charge in [0.2, 0.25) is 0 Å². The van der Waals surface area contributed by atoms with Gasteiger partial charge in [-0.25, -0.2) is 8.78 Å². The Balaban J connectivity index is 1.43. The lowest BCUT2D eigenvalue weighted by atomic mass is 10.0. The molecule has 4 rings (SSSR count). The highest BCUT2D eigenvalue weighted by molar-refractivity contribution is 6.12. The molecule has 1 aromatic heterocycles. The van der Waals surface area contributed by atoms with E-state index >= 15 is 0 Å². The first-order valence-electron chi connectivity index (χ1n) is 12.5. The average molecular weight is 548 g/mol. The summed E-state index contributed by atoms with van der Waals surface area (Å²) in [5.41, 5.74) is 6.24. The minimum Gasteiger partial charge on any atom is -0.498 e. The topological polar surface area (TPSA) is 124 Å². The monoisotopic (exact) mass is 547 g/mol. The number of allylic oxidation sites excluding steroid dienone is 5. The molecule has 0 radical (unpaired) electrons. The lowest BCUT2D eigenvalue weighted by molar-refractivity contribution is -0.139. The van der Waals surface area contributed by atoms with Gasteiger partial charge in [-0.05, 0) is 55.0 Å². The number of carboxylic acids is 1. The van der Waals surface area contributed by atoms with E-state index < -0.39 is 35.0 Å². The van der Waals surface area contributed by atoms with Gasteiger partial charge in [0.1, 0.15) is 23.5 Å². The molecular weight excluding hydrogens is 520 g/mol. The van der Waals surface area contributed by atoms with Crippen LogP contribution in [0.2, 0.25) is 0 Å². The van der Waals surface area contributed by atoms with Crippen LogP contribution < -0.4 is 16.6 Å². The number of anilines is 1. The number of rotatable bonds is 11. The highest BCUT2D eigenvalue weighted by atomic mass is 19.1. The van der Waals surface area contributed by atoms with Gasteiger partial charge in [0, 0.05) is 18.6 Å². The van der Waals surface area contributed by atoms with E-state index in [1.807, 2.05) is 6.07 Å². The number of carboxylic acid groups (broad SMARTS) is 1. The molecule has 2 aromatic carbocycles. The Labute approximate surface area is 228 Å².